The number of carbonyl (C=O) groups is 1. The highest BCUT2D eigenvalue weighted by Gasteiger charge is 2.16. The van der Waals surface area contributed by atoms with Gasteiger partial charge in [-0.25, -0.2) is 5.84 Å². The molecule has 0 saturated heterocycles. The fraction of sp³-hybridized carbons (Fsp3) is 0. The zero-order valence-corrected chi connectivity index (χ0v) is 8.29. The van der Waals surface area contributed by atoms with E-state index in [0.29, 0.717) is 0 Å². The van der Waals surface area contributed by atoms with Crippen molar-refractivity contribution in [2.45, 2.75) is 0 Å². The van der Waals surface area contributed by atoms with E-state index in [-0.39, 0.29) is 11.5 Å². The van der Waals surface area contributed by atoms with E-state index in [1.54, 1.807) is 12.1 Å². The topological polar surface area (TPSA) is 112 Å². The highest BCUT2D eigenvalue weighted by Crippen LogP contribution is 2.13. The van der Waals surface area contributed by atoms with Gasteiger partial charge in [-0.05, 0) is 12.1 Å². The summed E-state index contributed by atoms with van der Waals surface area (Å²) in [6.45, 7) is 0. The maximum absolute atomic E-state index is 11.2. The van der Waals surface area contributed by atoms with Crippen molar-refractivity contribution in [3.05, 3.63) is 36.0 Å². The number of nitrogens with two attached hydrogens (primary N) is 2. The number of carbonyl (C=O) groups excluding carboxylic acids is 1. The van der Waals surface area contributed by atoms with Gasteiger partial charge >= 0.3 is 0 Å². The second kappa shape index (κ2) is 3.99. The van der Waals surface area contributed by atoms with Gasteiger partial charge in [0.15, 0.2) is 11.5 Å². The first-order valence-electron chi connectivity index (χ1n) is 4.51. The lowest BCUT2D eigenvalue weighted by Gasteiger charge is -2.02. The van der Waals surface area contributed by atoms with Crippen LogP contribution in [-0.2, 0) is 0 Å². The Morgan fingerprint density at radius 1 is 1.31 bits per heavy atom. The molecule has 0 fully saturated rings. The van der Waals surface area contributed by atoms with Crippen LogP contribution >= 0.6 is 0 Å². The zero-order chi connectivity index (χ0) is 11.5. The molecule has 0 saturated carbocycles. The van der Waals surface area contributed by atoms with Gasteiger partial charge in [0, 0.05) is 0 Å². The summed E-state index contributed by atoms with van der Waals surface area (Å²) in [6, 6.07) is 9.13. The van der Waals surface area contributed by atoms with Crippen molar-refractivity contribution in [2.24, 2.45) is 5.84 Å². The van der Waals surface area contributed by atoms with Gasteiger partial charge in [-0.3, -0.25) is 10.2 Å². The van der Waals surface area contributed by atoms with E-state index in [1.807, 2.05) is 23.6 Å². The van der Waals surface area contributed by atoms with Gasteiger partial charge in [-0.15, -0.1) is 5.10 Å². The largest absolute Gasteiger partial charge is 0.382 e. The number of nitrogen functional groups attached to an aromatic ring is 2. The van der Waals surface area contributed by atoms with Crippen molar-refractivity contribution in [1.29, 1.82) is 0 Å². The predicted molar refractivity (Wildman–Crippen MR) is 57.4 cm³/mol. The number of hydrogen-bond donors (Lipinski definition) is 3. The third-order valence-electron chi connectivity index (χ3n) is 2.05. The Hall–Kier alpha value is -2.41. The van der Waals surface area contributed by atoms with Crippen LogP contribution in [0.1, 0.15) is 10.5 Å². The number of hydrazine groups is 1. The summed E-state index contributed by atoms with van der Waals surface area (Å²) in [5.74, 6) is 4.57. The van der Waals surface area contributed by atoms with Crippen molar-refractivity contribution in [2.75, 3.05) is 5.73 Å². The number of benzene rings is 1. The number of aromatic nitrogens is 3. The highest BCUT2D eigenvalue weighted by molar-refractivity contribution is 5.96. The fourth-order valence-electron chi connectivity index (χ4n) is 1.28. The molecule has 0 bridgehead atoms. The maximum atomic E-state index is 11.2. The molecule has 7 nitrogen and oxygen atoms in total. The van der Waals surface area contributed by atoms with Crippen molar-refractivity contribution in [3.63, 3.8) is 0 Å². The first-order chi connectivity index (χ1) is 7.74. The molecule has 0 unspecified atom stereocenters. The minimum Gasteiger partial charge on any atom is -0.382 e. The third-order valence-corrected chi connectivity index (χ3v) is 2.05. The number of anilines is 1. The molecule has 1 aromatic carbocycles. The number of para-hydroxylation sites is 1. The molecule has 1 amide bonds. The summed E-state index contributed by atoms with van der Waals surface area (Å²) >= 11 is 0. The molecule has 82 valence electrons. The third kappa shape index (κ3) is 1.59. The average molecular weight is 218 g/mol. The standard InChI is InChI=1S/C9H10N6O/c10-8-7(9(16)12-11)13-14-15(8)6-4-2-1-3-5-6/h1-5H,10-11H2,(H,12,16). The van der Waals surface area contributed by atoms with Crippen LogP contribution in [0.4, 0.5) is 5.82 Å². The maximum Gasteiger partial charge on any atom is 0.289 e. The smallest absolute Gasteiger partial charge is 0.289 e. The van der Waals surface area contributed by atoms with Crippen LogP contribution < -0.4 is 17.0 Å². The summed E-state index contributed by atoms with van der Waals surface area (Å²) in [5, 5.41) is 7.44. The Balaban J connectivity index is 2.45. The van der Waals surface area contributed by atoms with E-state index in [4.69, 9.17) is 11.6 Å². The minimum absolute atomic E-state index is 0.00588. The molecule has 2 aromatic rings. The molecule has 0 radical (unpaired) electrons. The van der Waals surface area contributed by atoms with E-state index < -0.39 is 5.91 Å². The highest BCUT2D eigenvalue weighted by atomic mass is 16.2. The van der Waals surface area contributed by atoms with Crippen molar-refractivity contribution in [1.82, 2.24) is 20.4 Å². The lowest BCUT2D eigenvalue weighted by atomic mass is 10.3. The normalized spacial score (nSPS) is 10.1. The zero-order valence-electron chi connectivity index (χ0n) is 8.29. The SMILES string of the molecule is NNC(=O)c1nnn(-c2ccccc2)c1N. The molecular formula is C9H10N6O. The number of rotatable bonds is 2. The van der Waals surface area contributed by atoms with Crippen LogP contribution in [0.2, 0.25) is 0 Å². The molecule has 0 spiro atoms. The van der Waals surface area contributed by atoms with E-state index in [9.17, 15) is 4.79 Å². The van der Waals surface area contributed by atoms with Crippen LogP contribution in [0.3, 0.4) is 0 Å². The molecule has 7 heteroatoms. The Kier molecular flexibility index (Phi) is 2.52. The number of nitrogens with one attached hydrogen (secondary N) is 1. The summed E-state index contributed by atoms with van der Waals surface area (Å²) < 4.78 is 1.37. The summed E-state index contributed by atoms with van der Waals surface area (Å²) in [5.41, 5.74) is 8.42. The van der Waals surface area contributed by atoms with E-state index in [0.717, 1.165) is 5.69 Å². The Morgan fingerprint density at radius 3 is 2.62 bits per heavy atom. The fourth-order valence-corrected chi connectivity index (χ4v) is 1.28. The number of nitrogens with zero attached hydrogens (tertiary/aromatic N) is 3. The molecular weight excluding hydrogens is 208 g/mol. The Morgan fingerprint density at radius 2 is 2.00 bits per heavy atom. The van der Waals surface area contributed by atoms with Gasteiger partial charge in [-0.2, -0.15) is 4.68 Å². The van der Waals surface area contributed by atoms with Crippen LogP contribution in [0.15, 0.2) is 30.3 Å². The molecule has 0 aliphatic carbocycles. The molecule has 0 atom stereocenters. The molecule has 16 heavy (non-hydrogen) atoms. The van der Waals surface area contributed by atoms with Crippen LogP contribution in [-0.4, -0.2) is 20.9 Å². The van der Waals surface area contributed by atoms with Gasteiger partial charge in [0.05, 0.1) is 5.69 Å². The summed E-state index contributed by atoms with van der Waals surface area (Å²) in [6.07, 6.45) is 0. The van der Waals surface area contributed by atoms with Gasteiger partial charge in [0.25, 0.3) is 5.91 Å². The van der Waals surface area contributed by atoms with Crippen LogP contribution in [0.5, 0.6) is 0 Å². The lowest BCUT2D eigenvalue weighted by molar-refractivity contribution is 0.0949. The summed E-state index contributed by atoms with van der Waals surface area (Å²) in [7, 11) is 0. The van der Waals surface area contributed by atoms with Crippen molar-refractivity contribution < 1.29 is 4.79 Å². The first-order valence-corrected chi connectivity index (χ1v) is 4.51. The number of hydrogen-bond acceptors (Lipinski definition) is 5. The second-order valence-corrected chi connectivity index (χ2v) is 3.04. The monoisotopic (exact) mass is 218 g/mol. The second-order valence-electron chi connectivity index (χ2n) is 3.04. The Bertz CT molecular complexity index is 506. The van der Waals surface area contributed by atoms with E-state index in [2.05, 4.69) is 10.3 Å². The lowest BCUT2D eigenvalue weighted by Crippen LogP contribution is -2.31. The molecule has 5 N–H and O–H groups in total. The van der Waals surface area contributed by atoms with Crippen molar-refractivity contribution in [3.8, 4) is 5.69 Å². The summed E-state index contributed by atoms with van der Waals surface area (Å²) in [4.78, 5) is 11.2. The molecule has 0 aliphatic rings. The predicted octanol–water partition coefficient (Wildman–Crippen LogP) is -0.547. The van der Waals surface area contributed by atoms with Crippen LogP contribution in [0.25, 0.3) is 5.69 Å². The van der Waals surface area contributed by atoms with Crippen molar-refractivity contribution >= 4 is 11.7 Å². The molecule has 0 aliphatic heterocycles. The molecule has 1 aromatic heterocycles. The van der Waals surface area contributed by atoms with E-state index in [1.165, 1.54) is 4.68 Å². The van der Waals surface area contributed by atoms with Gasteiger partial charge in [-0.1, -0.05) is 23.4 Å². The first kappa shape index (κ1) is 10.1. The van der Waals surface area contributed by atoms with Gasteiger partial charge in [0.1, 0.15) is 0 Å². The van der Waals surface area contributed by atoms with Gasteiger partial charge in [0.2, 0.25) is 0 Å². The Labute approximate surface area is 91.0 Å². The molecule has 1 heterocycles. The molecule has 2 rings (SSSR count). The van der Waals surface area contributed by atoms with E-state index >= 15 is 0 Å². The average Bonchev–Trinajstić information content (AvgIpc) is 2.71. The van der Waals surface area contributed by atoms with Gasteiger partial charge < -0.3 is 5.73 Å². The quantitative estimate of drug-likeness (QED) is 0.356. The number of amides is 1. The van der Waals surface area contributed by atoms with Crippen LogP contribution in [0, 0.1) is 0 Å². The minimum atomic E-state index is -0.570.